The molecule has 1 heterocycles. The van der Waals surface area contributed by atoms with Gasteiger partial charge in [-0.15, -0.1) is 5.10 Å². The fraction of sp³-hybridized carbons (Fsp3) is 0.500. The fourth-order valence-corrected chi connectivity index (χ4v) is 1.31. The Labute approximate surface area is 125 Å². The molecule has 0 aliphatic heterocycles. The molecular weight excluding hydrogens is 296 g/mol. The van der Waals surface area contributed by atoms with Crippen molar-refractivity contribution in [3.63, 3.8) is 0 Å². The third-order valence-corrected chi connectivity index (χ3v) is 2.69. The summed E-state index contributed by atoms with van der Waals surface area (Å²) in [5, 5.41) is 20.0. The molecule has 0 spiro atoms. The molecule has 1 rings (SSSR count). The van der Waals surface area contributed by atoms with E-state index in [4.69, 9.17) is 4.74 Å². The second-order valence-corrected chi connectivity index (χ2v) is 4.95. The van der Waals surface area contributed by atoms with Crippen LogP contribution >= 0.6 is 0 Å². The summed E-state index contributed by atoms with van der Waals surface area (Å²) < 4.78 is 9.98. The van der Waals surface area contributed by atoms with Gasteiger partial charge in [0.05, 0.1) is 13.7 Å². The third kappa shape index (κ3) is 4.74. The molecule has 1 aromatic heterocycles. The van der Waals surface area contributed by atoms with E-state index in [1.54, 1.807) is 0 Å². The van der Waals surface area contributed by atoms with Crippen LogP contribution in [-0.4, -0.2) is 63.0 Å². The zero-order chi connectivity index (χ0) is 16.8. The molecular formula is C12H16N4O6. The Morgan fingerprint density at radius 1 is 1.32 bits per heavy atom. The van der Waals surface area contributed by atoms with Gasteiger partial charge in [-0.1, -0.05) is 13.8 Å². The Morgan fingerprint density at radius 2 is 1.95 bits per heavy atom. The van der Waals surface area contributed by atoms with Gasteiger partial charge in [-0.2, -0.15) is 4.68 Å². The monoisotopic (exact) mass is 312 g/mol. The number of aromatic nitrogens is 4. The van der Waals surface area contributed by atoms with Gasteiger partial charge in [-0.25, -0.2) is 9.59 Å². The maximum atomic E-state index is 11.9. The van der Waals surface area contributed by atoms with Crippen LogP contribution < -0.4 is 0 Å². The molecule has 22 heavy (non-hydrogen) atoms. The zero-order valence-electron chi connectivity index (χ0n) is 12.3. The molecule has 0 aliphatic carbocycles. The predicted molar refractivity (Wildman–Crippen MR) is 70.3 cm³/mol. The number of carbonyl (C=O) groups excluding carboxylic acids is 3. The Morgan fingerprint density at radius 3 is 2.50 bits per heavy atom. The number of nitrogens with zero attached hydrogens (tertiary/aromatic N) is 4. The summed E-state index contributed by atoms with van der Waals surface area (Å²) in [6, 6.07) is 0. The van der Waals surface area contributed by atoms with Crippen LogP contribution in [0.2, 0.25) is 0 Å². The second kappa shape index (κ2) is 7.41. The number of tetrazole rings is 1. The van der Waals surface area contributed by atoms with Crippen molar-refractivity contribution >= 4 is 17.8 Å². The maximum Gasteiger partial charge on any atom is 0.331 e. The van der Waals surface area contributed by atoms with E-state index in [1.807, 2.05) is 0 Å². The quantitative estimate of drug-likeness (QED) is 0.397. The highest BCUT2D eigenvalue weighted by atomic mass is 16.5. The van der Waals surface area contributed by atoms with Crippen LogP contribution in [0.15, 0.2) is 18.5 Å². The van der Waals surface area contributed by atoms with Crippen molar-refractivity contribution in [1.82, 2.24) is 20.2 Å². The van der Waals surface area contributed by atoms with Crippen molar-refractivity contribution in [3.8, 4) is 0 Å². The van der Waals surface area contributed by atoms with E-state index in [2.05, 4.69) is 20.3 Å². The first-order valence-corrected chi connectivity index (χ1v) is 6.16. The molecule has 0 saturated carbocycles. The topological polar surface area (TPSA) is 134 Å². The smallest absolute Gasteiger partial charge is 0.331 e. The summed E-state index contributed by atoms with van der Waals surface area (Å²) in [7, 11) is 1.17. The van der Waals surface area contributed by atoms with Crippen LogP contribution in [0.5, 0.6) is 0 Å². The summed E-state index contributed by atoms with van der Waals surface area (Å²) in [5.74, 6) is -2.26. The van der Waals surface area contributed by atoms with Gasteiger partial charge in [0.1, 0.15) is 12.4 Å². The number of esters is 2. The second-order valence-electron chi connectivity index (χ2n) is 4.95. The van der Waals surface area contributed by atoms with Crippen molar-refractivity contribution in [1.29, 1.82) is 0 Å². The average Bonchev–Trinajstić information content (AvgIpc) is 3.03. The molecule has 10 heteroatoms. The van der Waals surface area contributed by atoms with E-state index in [0.717, 1.165) is 23.2 Å². The maximum absolute atomic E-state index is 11.9. The minimum absolute atomic E-state index is 0.258. The van der Waals surface area contributed by atoms with E-state index < -0.39 is 29.4 Å². The van der Waals surface area contributed by atoms with Crippen LogP contribution in [0.1, 0.15) is 18.6 Å². The molecule has 0 aliphatic rings. The number of hydrogen-bond acceptors (Lipinski definition) is 9. The highest BCUT2D eigenvalue weighted by Gasteiger charge is 2.36. The van der Waals surface area contributed by atoms with E-state index in [9.17, 15) is 19.5 Å². The molecule has 0 aromatic carbocycles. The summed E-state index contributed by atoms with van der Waals surface area (Å²) in [5.41, 5.74) is -1.09. The predicted octanol–water partition coefficient (Wildman–Crippen LogP) is -1.03. The molecule has 1 aromatic rings. The van der Waals surface area contributed by atoms with Gasteiger partial charge < -0.3 is 14.6 Å². The van der Waals surface area contributed by atoms with Crippen molar-refractivity contribution in [3.05, 3.63) is 18.5 Å². The lowest BCUT2D eigenvalue weighted by molar-refractivity contribution is -0.143. The number of rotatable bonds is 6. The van der Waals surface area contributed by atoms with E-state index in [-0.39, 0.29) is 6.61 Å². The average molecular weight is 312 g/mol. The lowest BCUT2D eigenvalue weighted by atomic mass is 9.87. The van der Waals surface area contributed by atoms with Gasteiger partial charge in [-0.05, 0) is 10.4 Å². The van der Waals surface area contributed by atoms with Crippen LogP contribution in [0.4, 0.5) is 0 Å². The van der Waals surface area contributed by atoms with Crippen molar-refractivity contribution in [2.75, 3.05) is 13.7 Å². The number of ether oxygens (including phenoxy) is 2. The van der Waals surface area contributed by atoms with Crippen LogP contribution in [0, 0.1) is 5.41 Å². The molecule has 0 fully saturated rings. The summed E-state index contributed by atoms with van der Waals surface area (Å²) in [6.45, 7) is 2.79. The van der Waals surface area contributed by atoms with Gasteiger partial charge in [0, 0.05) is 17.6 Å². The molecule has 120 valence electrons. The standard InChI is InChI=1S/C12H16N4O6/c1-12(2,6-22-9(18)5-4-8(17)21-3)10(19)11(20)16-7-13-14-15-16/h4-5,7,10,19H,6H2,1-3H3/b5-4+/t10-/m0/s1. The Kier molecular flexibility index (Phi) is 5.87. The highest BCUT2D eigenvalue weighted by molar-refractivity contribution is 5.91. The molecule has 0 bridgehead atoms. The molecule has 0 radical (unpaired) electrons. The van der Waals surface area contributed by atoms with Gasteiger partial charge in [-0.3, -0.25) is 4.79 Å². The van der Waals surface area contributed by atoms with Crippen molar-refractivity contribution in [2.45, 2.75) is 20.0 Å². The summed E-state index contributed by atoms with van der Waals surface area (Å²) in [6.07, 6.45) is 1.34. The molecule has 0 unspecified atom stereocenters. The first-order valence-electron chi connectivity index (χ1n) is 6.16. The number of hydrogen-bond donors (Lipinski definition) is 1. The molecule has 1 N–H and O–H groups in total. The summed E-state index contributed by atoms with van der Waals surface area (Å²) >= 11 is 0. The van der Waals surface area contributed by atoms with Gasteiger partial charge in [0.15, 0.2) is 0 Å². The third-order valence-electron chi connectivity index (χ3n) is 2.69. The van der Waals surface area contributed by atoms with Crippen molar-refractivity contribution in [2.24, 2.45) is 5.41 Å². The minimum Gasteiger partial charge on any atom is -0.466 e. The summed E-state index contributed by atoms with van der Waals surface area (Å²) in [4.78, 5) is 34.1. The van der Waals surface area contributed by atoms with Crippen LogP contribution in [-0.2, 0) is 19.1 Å². The SMILES string of the molecule is COC(=O)/C=C/C(=O)OCC(C)(C)[C@@H](O)C(=O)n1cnnn1. The van der Waals surface area contributed by atoms with Gasteiger partial charge >= 0.3 is 11.9 Å². The van der Waals surface area contributed by atoms with Gasteiger partial charge in [0.25, 0.3) is 5.91 Å². The number of aliphatic hydroxyl groups is 1. The molecule has 1 atom stereocenters. The Balaban J connectivity index is 2.59. The zero-order valence-corrected chi connectivity index (χ0v) is 12.3. The van der Waals surface area contributed by atoms with Crippen LogP contribution in [0.3, 0.4) is 0 Å². The molecule has 10 nitrogen and oxygen atoms in total. The normalized spacial score (nSPS) is 12.9. The Hall–Kier alpha value is -2.62. The highest BCUT2D eigenvalue weighted by Crippen LogP contribution is 2.22. The number of aliphatic hydroxyl groups excluding tert-OH is 1. The lowest BCUT2D eigenvalue weighted by Gasteiger charge is -2.27. The largest absolute Gasteiger partial charge is 0.466 e. The minimum atomic E-state index is -1.49. The number of methoxy groups -OCH3 is 1. The first kappa shape index (κ1) is 17.4. The van der Waals surface area contributed by atoms with Crippen molar-refractivity contribution < 1.29 is 29.0 Å². The van der Waals surface area contributed by atoms with Gasteiger partial charge in [0.2, 0.25) is 0 Å². The fourth-order valence-electron chi connectivity index (χ4n) is 1.31. The number of carbonyl (C=O) groups is 3. The molecule has 0 saturated heterocycles. The lowest BCUT2D eigenvalue weighted by Crippen LogP contribution is -2.43. The first-order chi connectivity index (χ1) is 10.3. The van der Waals surface area contributed by atoms with E-state index >= 15 is 0 Å². The van der Waals surface area contributed by atoms with E-state index in [1.165, 1.54) is 21.0 Å². The Bertz CT molecular complexity index is 566. The van der Waals surface area contributed by atoms with E-state index in [0.29, 0.717) is 0 Å². The molecule has 0 amide bonds. The van der Waals surface area contributed by atoms with Crippen LogP contribution in [0.25, 0.3) is 0 Å².